The van der Waals surface area contributed by atoms with Gasteiger partial charge in [0.2, 0.25) is 0 Å². The lowest BCUT2D eigenvalue weighted by Crippen LogP contribution is -2.44. The molecule has 0 radical (unpaired) electrons. The first-order valence-electron chi connectivity index (χ1n) is 6.19. The lowest BCUT2D eigenvalue weighted by atomic mass is 9.78. The van der Waals surface area contributed by atoms with E-state index in [0.29, 0.717) is 12.0 Å². The molecule has 16 heavy (non-hydrogen) atoms. The molecule has 3 unspecified atom stereocenters. The van der Waals surface area contributed by atoms with E-state index in [2.05, 4.69) is 50.1 Å². The Kier molecular flexibility index (Phi) is 3.31. The number of rotatable bonds is 2. The molecule has 88 valence electrons. The molecule has 0 saturated carbocycles. The zero-order chi connectivity index (χ0) is 11.7. The monoisotopic (exact) mass is 218 g/mol. The van der Waals surface area contributed by atoms with Gasteiger partial charge in [0.25, 0.3) is 0 Å². The van der Waals surface area contributed by atoms with Gasteiger partial charge in [0, 0.05) is 12.1 Å². The number of hydrogen-bond donors (Lipinski definition) is 1. The molecule has 0 fully saturated rings. The summed E-state index contributed by atoms with van der Waals surface area (Å²) in [5, 5.41) is 0. The molecule has 0 amide bonds. The number of hydrogen-bond acceptors (Lipinski definition) is 2. The molecular formula is C14H22N2. The van der Waals surface area contributed by atoms with Crippen LogP contribution >= 0.6 is 0 Å². The third kappa shape index (κ3) is 1.87. The normalized spacial score (nSPS) is 29.2. The molecule has 0 bridgehead atoms. The molecule has 1 aromatic carbocycles. The maximum atomic E-state index is 6.39. The molecule has 0 aromatic heterocycles. The van der Waals surface area contributed by atoms with Crippen molar-refractivity contribution in [1.29, 1.82) is 0 Å². The van der Waals surface area contributed by atoms with E-state index < -0.39 is 0 Å². The molecule has 2 rings (SSSR count). The topological polar surface area (TPSA) is 29.3 Å². The summed E-state index contributed by atoms with van der Waals surface area (Å²) in [7, 11) is 2.17. The molecule has 1 aliphatic rings. The zero-order valence-electron chi connectivity index (χ0n) is 10.5. The van der Waals surface area contributed by atoms with E-state index in [4.69, 9.17) is 5.73 Å². The van der Waals surface area contributed by atoms with Gasteiger partial charge in [0.1, 0.15) is 0 Å². The van der Waals surface area contributed by atoms with Crippen LogP contribution in [-0.2, 0) is 0 Å². The van der Waals surface area contributed by atoms with Crippen LogP contribution in [0.3, 0.4) is 0 Å². The molecule has 0 aliphatic heterocycles. The second-order valence-electron chi connectivity index (χ2n) is 4.93. The fourth-order valence-corrected chi connectivity index (χ4v) is 2.79. The lowest BCUT2D eigenvalue weighted by molar-refractivity contribution is 0.190. The van der Waals surface area contributed by atoms with Crippen molar-refractivity contribution in [3.63, 3.8) is 0 Å². The van der Waals surface area contributed by atoms with E-state index in [1.165, 1.54) is 17.5 Å². The Morgan fingerprint density at radius 2 is 1.94 bits per heavy atom. The Balaban J connectivity index is 2.34. The highest BCUT2D eigenvalue weighted by Crippen LogP contribution is 2.37. The first kappa shape index (κ1) is 11.6. The van der Waals surface area contributed by atoms with Crippen LogP contribution in [0.4, 0.5) is 0 Å². The van der Waals surface area contributed by atoms with Crippen molar-refractivity contribution in [1.82, 2.24) is 4.90 Å². The van der Waals surface area contributed by atoms with Crippen molar-refractivity contribution >= 4 is 0 Å². The second kappa shape index (κ2) is 4.56. The van der Waals surface area contributed by atoms with Crippen LogP contribution in [0.25, 0.3) is 0 Å². The molecular weight excluding hydrogens is 196 g/mol. The van der Waals surface area contributed by atoms with Crippen LogP contribution in [0.2, 0.25) is 0 Å². The van der Waals surface area contributed by atoms with Gasteiger partial charge in [0.05, 0.1) is 0 Å². The summed E-state index contributed by atoms with van der Waals surface area (Å²) in [6.07, 6.45) is 1.17. The van der Waals surface area contributed by atoms with E-state index in [9.17, 15) is 0 Å². The number of nitrogens with two attached hydrogens (primary N) is 1. The summed E-state index contributed by atoms with van der Waals surface area (Å²) >= 11 is 0. The highest BCUT2D eigenvalue weighted by Gasteiger charge is 2.32. The van der Waals surface area contributed by atoms with Gasteiger partial charge in [0.15, 0.2) is 0 Å². The van der Waals surface area contributed by atoms with Crippen molar-refractivity contribution in [3.8, 4) is 0 Å². The first-order valence-corrected chi connectivity index (χ1v) is 6.19. The predicted octanol–water partition coefficient (Wildman–Crippen LogP) is 2.51. The van der Waals surface area contributed by atoms with Crippen LogP contribution < -0.4 is 5.73 Å². The van der Waals surface area contributed by atoms with E-state index in [-0.39, 0.29) is 6.04 Å². The number of fused-ring (bicyclic) bond motifs is 1. The molecule has 2 N–H and O–H groups in total. The van der Waals surface area contributed by atoms with Gasteiger partial charge in [-0.3, -0.25) is 0 Å². The largest absolute Gasteiger partial charge is 0.323 e. The van der Waals surface area contributed by atoms with Crippen LogP contribution in [0.5, 0.6) is 0 Å². The number of nitrogens with zero attached hydrogens (tertiary/aromatic N) is 1. The van der Waals surface area contributed by atoms with Gasteiger partial charge in [-0.05, 0) is 37.1 Å². The summed E-state index contributed by atoms with van der Waals surface area (Å²) in [5.41, 5.74) is 9.17. The molecule has 2 heteroatoms. The second-order valence-corrected chi connectivity index (χ2v) is 4.93. The Morgan fingerprint density at radius 3 is 2.56 bits per heavy atom. The predicted molar refractivity (Wildman–Crippen MR) is 68.5 cm³/mol. The van der Waals surface area contributed by atoms with Crippen LogP contribution in [0.15, 0.2) is 24.3 Å². The van der Waals surface area contributed by atoms with Crippen molar-refractivity contribution in [2.75, 3.05) is 13.6 Å². The molecule has 1 aliphatic carbocycles. The van der Waals surface area contributed by atoms with Crippen molar-refractivity contribution in [2.24, 2.45) is 5.73 Å². The van der Waals surface area contributed by atoms with Crippen LogP contribution in [-0.4, -0.2) is 24.5 Å². The Morgan fingerprint density at radius 1 is 1.31 bits per heavy atom. The summed E-state index contributed by atoms with van der Waals surface area (Å²) in [6.45, 7) is 5.56. The van der Waals surface area contributed by atoms with E-state index >= 15 is 0 Å². The standard InChI is InChI=1S/C14H22N2/c1-4-16(3)13-9-10(2)11-7-5-6-8-12(11)14(13)15/h5-8,10,13-14H,4,9,15H2,1-3H3. The molecule has 0 spiro atoms. The summed E-state index contributed by atoms with van der Waals surface area (Å²) in [4.78, 5) is 2.37. The third-order valence-corrected chi connectivity index (χ3v) is 3.96. The number of benzene rings is 1. The minimum absolute atomic E-state index is 0.164. The van der Waals surface area contributed by atoms with Crippen LogP contribution in [0.1, 0.15) is 43.4 Å². The van der Waals surface area contributed by atoms with E-state index in [1.807, 2.05) is 0 Å². The van der Waals surface area contributed by atoms with Gasteiger partial charge in [-0.1, -0.05) is 38.1 Å². The Hall–Kier alpha value is -0.860. The van der Waals surface area contributed by atoms with E-state index in [0.717, 1.165) is 6.54 Å². The van der Waals surface area contributed by atoms with Crippen molar-refractivity contribution in [3.05, 3.63) is 35.4 Å². The van der Waals surface area contributed by atoms with Crippen molar-refractivity contribution in [2.45, 2.75) is 38.3 Å². The first-order chi connectivity index (χ1) is 7.65. The Labute approximate surface area is 98.4 Å². The maximum absolute atomic E-state index is 6.39. The summed E-state index contributed by atoms with van der Waals surface area (Å²) < 4.78 is 0. The molecule has 1 aromatic rings. The average Bonchev–Trinajstić information content (AvgIpc) is 2.33. The fraction of sp³-hybridized carbons (Fsp3) is 0.571. The molecule has 0 heterocycles. The molecule has 0 saturated heterocycles. The third-order valence-electron chi connectivity index (χ3n) is 3.96. The smallest absolute Gasteiger partial charge is 0.0456 e. The fourth-order valence-electron chi connectivity index (χ4n) is 2.79. The van der Waals surface area contributed by atoms with Gasteiger partial charge in [-0.2, -0.15) is 0 Å². The maximum Gasteiger partial charge on any atom is 0.0456 e. The summed E-state index contributed by atoms with van der Waals surface area (Å²) in [6, 6.07) is 9.27. The Bertz CT molecular complexity index is 362. The molecule has 2 nitrogen and oxygen atoms in total. The quantitative estimate of drug-likeness (QED) is 0.826. The number of likely N-dealkylation sites (N-methyl/N-ethyl adjacent to an activating group) is 1. The summed E-state index contributed by atoms with van der Waals surface area (Å²) in [5.74, 6) is 0.620. The van der Waals surface area contributed by atoms with Gasteiger partial charge in [-0.15, -0.1) is 0 Å². The van der Waals surface area contributed by atoms with Gasteiger partial charge >= 0.3 is 0 Å². The molecule has 3 atom stereocenters. The highest BCUT2D eigenvalue weighted by atomic mass is 15.1. The highest BCUT2D eigenvalue weighted by molar-refractivity contribution is 5.36. The lowest BCUT2D eigenvalue weighted by Gasteiger charge is -2.39. The minimum atomic E-state index is 0.164. The zero-order valence-corrected chi connectivity index (χ0v) is 10.5. The average molecular weight is 218 g/mol. The van der Waals surface area contributed by atoms with Gasteiger partial charge < -0.3 is 10.6 Å². The SMILES string of the molecule is CCN(C)C1CC(C)c2ccccc2C1N. The minimum Gasteiger partial charge on any atom is -0.323 e. The van der Waals surface area contributed by atoms with Crippen molar-refractivity contribution < 1.29 is 0 Å². The van der Waals surface area contributed by atoms with E-state index in [1.54, 1.807) is 0 Å². The van der Waals surface area contributed by atoms with Crippen LogP contribution in [0, 0.1) is 0 Å². The van der Waals surface area contributed by atoms with Gasteiger partial charge in [-0.25, -0.2) is 0 Å².